The number of benzene rings is 1. The molecule has 0 saturated heterocycles. The van der Waals surface area contributed by atoms with E-state index in [-0.39, 0.29) is 0 Å². The summed E-state index contributed by atoms with van der Waals surface area (Å²) in [6, 6.07) is 4.25. The van der Waals surface area contributed by atoms with Gasteiger partial charge in [-0.25, -0.2) is 0 Å². The number of aliphatic carboxylic acids is 1. The molecule has 0 fully saturated rings. The van der Waals surface area contributed by atoms with Crippen molar-refractivity contribution >= 4 is 18.0 Å². The fourth-order valence-corrected chi connectivity index (χ4v) is 1.45. The second kappa shape index (κ2) is 7.18. The molecule has 1 aromatic carbocycles. The lowest BCUT2D eigenvalue weighted by molar-refractivity contribution is -0.140. The monoisotopic (exact) mass is 279 g/mol. The van der Waals surface area contributed by atoms with Gasteiger partial charge in [-0.1, -0.05) is 6.07 Å². The van der Waals surface area contributed by atoms with Gasteiger partial charge in [0.1, 0.15) is 6.04 Å². The molecule has 6 nitrogen and oxygen atoms in total. The van der Waals surface area contributed by atoms with E-state index in [1.54, 1.807) is 24.3 Å². The molecule has 0 spiro atoms. The Bertz CT molecular complexity index is 524. The second-order valence-electron chi connectivity index (χ2n) is 4.02. The summed E-state index contributed by atoms with van der Waals surface area (Å²) in [5.74, 6) is -0.421. The molecular formula is C14H17NO5. The van der Waals surface area contributed by atoms with Gasteiger partial charge in [-0.3, -0.25) is 9.59 Å². The third kappa shape index (κ3) is 4.31. The molecule has 20 heavy (non-hydrogen) atoms. The van der Waals surface area contributed by atoms with Crippen molar-refractivity contribution in [3.05, 3.63) is 29.8 Å². The van der Waals surface area contributed by atoms with Crippen molar-refractivity contribution in [2.45, 2.75) is 13.0 Å². The predicted octanol–water partition coefficient (Wildman–Crippen LogP) is 1.31. The minimum Gasteiger partial charge on any atom is -0.493 e. The van der Waals surface area contributed by atoms with Crippen molar-refractivity contribution in [1.82, 2.24) is 5.32 Å². The van der Waals surface area contributed by atoms with Gasteiger partial charge in [0.2, 0.25) is 5.91 Å². The van der Waals surface area contributed by atoms with E-state index in [1.165, 1.54) is 27.2 Å². The van der Waals surface area contributed by atoms with Gasteiger partial charge in [-0.05, 0) is 30.7 Å². The van der Waals surface area contributed by atoms with Crippen LogP contribution in [0.5, 0.6) is 11.5 Å². The van der Waals surface area contributed by atoms with Gasteiger partial charge in [0.15, 0.2) is 11.5 Å². The zero-order valence-corrected chi connectivity index (χ0v) is 11.5. The highest BCUT2D eigenvalue weighted by Crippen LogP contribution is 2.27. The lowest BCUT2D eigenvalue weighted by Gasteiger charge is -2.08. The number of nitrogens with one attached hydrogen (secondary N) is 1. The molecule has 6 heteroatoms. The van der Waals surface area contributed by atoms with Gasteiger partial charge in [-0.15, -0.1) is 0 Å². The average Bonchev–Trinajstić information content (AvgIpc) is 2.44. The number of ether oxygens (including phenoxy) is 2. The fourth-order valence-electron chi connectivity index (χ4n) is 1.45. The smallest absolute Gasteiger partial charge is 0.325 e. The van der Waals surface area contributed by atoms with E-state index in [1.807, 2.05) is 0 Å². The average molecular weight is 279 g/mol. The number of carboxylic acid groups (broad SMARTS) is 1. The molecule has 0 aromatic heterocycles. The summed E-state index contributed by atoms with van der Waals surface area (Å²) in [7, 11) is 3.06. The maximum absolute atomic E-state index is 11.5. The van der Waals surface area contributed by atoms with Gasteiger partial charge < -0.3 is 19.9 Å². The van der Waals surface area contributed by atoms with E-state index < -0.39 is 17.9 Å². The van der Waals surface area contributed by atoms with Crippen LogP contribution in [0.25, 0.3) is 6.08 Å². The van der Waals surface area contributed by atoms with Crippen molar-refractivity contribution in [3.63, 3.8) is 0 Å². The summed E-state index contributed by atoms with van der Waals surface area (Å²) >= 11 is 0. The minimum atomic E-state index is -1.09. The van der Waals surface area contributed by atoms with Gasteiger partial charge in [0, 0.05) is 6.08 Å². The quantitative estimate of drug-likeness (QED) is 0.767. The Kier molecular flexibility index (Phi) is 5.58. The summed E-state index contributed by atoms with van der Waals surface area (Å²) in [5, 5.41) is 11.0. The first-order valence-electron chi connectivity index (χ1n) is 5.91. The van der Waals surface area contributed by atoms with Crippen molar-refractivity contribution < 1.29 is 24.2 Å². The lowest BCUT2D eigenvalue weighted by atomic mass is 10.2. The Morgan fingerprint density at radius 1 is 1.25 bits per heavy atom. The summed E-state index contributed by atoms with van der Waals surface area (Å²) in [6.45, 7) is 1.39. The Balaban J connectivity index is 2.75. The number of carbonyl (C=O) groups excluding carboxylic acids is 1. The third-order valence-corrected chi connectivity index (χ3v) is 2.56. The molecule has 0 aliphatic rings. The summed E-state index contributed by atoms with van der Waals surface area (Å²) in [4.78, 5) is 22.1. The number of carbonyl (C=O) groups is 2. The van der Waals surface area contributed by atoms with Crippen LogP contribution in [0.4, 0.5) is 0 Å². The second-order valence-corrected chi connectivity index (χ2v) is 4.02. The summed E-state index contributed by atoms with van der Waals surface area (Å²) in [5.41, 5.74) is 0.737. The molecule has 0 heterocycles. The van der Waals surface area contributed by atoms with Crippen molar-refractivity contribution in [2.75, 3.05) is 14.2 Å². The molecule has 0 radical (unpaired) electrons. The summed E-state index contributed by atoms with van der Waals surface area (Å²) < 4.78 is 10.2. The van der Waals surface area contributed by atoms with Crippen LogP contribution in [0.2, 0.25) is 0 Å². The number of rotatable bonds is 6. The molecule has 1 atom stereocenters. The lowest BCUT2D eigenvalue weighted by Crippen LogP contribution is -2.37. The molecule has 1 amide bonds. The Morgan fingerprint density at radius 2 is 1.90 bits per heavy atom. The van der Waals surface area contributed by atoms with E-state index in [0.717, 1.165) is 5.56 Å². The number of carboxylic acids is 1. The van der Waals surface area contributed by atoms with Crippen molar-refractivity contribution in [1.29, 1.82) is 0 Å². The third-order valence-electron chi connectivity index (χ3n) is 2.56. The Hall–Kier alpha value is -2.50. The van der Waals surface area contributed by atoms with Gasteiger partial charge >= 0.3 is 5.97 Å². The van der Waals surface area contributed by atoms with Crippen LogP contribution in [0.1, 0.15) is 12.5 Å². The largest absolute Gasteiger partial charge is 0.493 e. The first kappa shape index (κ1) is 15.6. The predicted molar refractivity (Wildman–Crippen MR) is 73.8 cm³/mol. The molecule has 1 rings (SSSR count). The maximum atomic E-state index is 11.5. The fraction of sp³-hybridized carbons (Fsp3) is 0.286. The molecular weight excluding hydrogens is 262 g/mol. The molecule has 2 N–H and O–H groups in total. The van der Waals surface area contributed by atoms with E-state index in [9.17, 15) is 9.59 Å². The number of amides is 1. The SMILES string of the molecule is COc1ccc(/C=C/C(=O)NC(C)C(=O)O)cc1OC. The minimum absolute atomic E-state index is 0.477. The van der Waals surface area contributed by atoms with Gasteiger partial charge in [0.05, 0.1) is 14.2 Å². The van der Waals surface area contributed by atoms with E-state index >= 15 is 0 Å². The van der Waals surface area contributed by atoms with Gasteiger partial charge in [0.25, 0.3) is 0 Å². The van der Waals surface area contributed by atoms with Crippen LogP contribution in [0.15, 0.2) is 24.3 Å². The standard InChI is InChI=1S/C14H17NO5/c1-9(14(17)18)15-13(16)7-5-10-4-6-11(19-2)12(8-10)20-3/h4-9H,1-3H3,(H,15,16)(H,17,18)/b7-5+. The molecule has 1 aromatic rings. The molecule has 0 aliphatic heterocycles. The zero-order valence-electron chi connectivity index (χ0n) is 11.5. The molecule has 0 bridgehead atoms. The van der Waals surface area contributed by atoms with Crippen LogP contribution < -0.4 is 14.8 Å². The zero-order chi connectivity index (χ0) is 15.1. The van der Waals surface area contributed by atoms with Crippen LogP contribution in [0, 0.1) is 0 Å². The normalized spacial score (nSPS) is 11.9. The summed E-state index contributed by atoms with van der Waals surface area (Å²) in [6.07, 6.45) is 2.83. The van der Waals surface area contributed by atoms with E-state index in [0.29, 0.717) is 11.5 Å². The highest BCUT2D eigenvalue weighted by Gasteiger charge is 2.11. The number of methoxy groups -OCH3 is 2. The van der Waals surface area contributed by atoms with E-state index in [4.69, 9.17) is 14.6 Å². The first-order valence-corrected chi connectivity index (χ1v) is 5.91. The van der Waals surface area contributed by atoms with Crippen LogP contribution in [0.3, 0.4) is 0 Å². The van der Waals surface area contributed by atoms with Crippen LogP contribution >= 0.6 is 0 Å². The molecule has 0 saturated carbocycles. The number of hydrogen-bond acceptors (Lipinski definition) is 4. The molecule has 108 valence electrons. The molecule has 0 aliphatic carbocycles. The van der Waals surface area contributed by atoms with Crippen LogP contribution in [-0.2, 0) is 9.59 Å². The number of hydrogen-bond donors (Lipinski definition) is 2. The maximum Gasteiger partial charge on any atom is 0.325 e. The molecule has 1 unspecified atom stereocenters. The Labute approximate surface area is 117 Å². The van der Waals surface area contributed by atoms with Crippen LogP contribution in [-0.4, -0.2) is 37.2 Å². The van der Waals surface area contributed by atoms with E-state index in [2.05, 4.69) is 5.32 Å². The Morgan fingerprint density at radius 3 is 2.45 bits per heavy atom. The van der Waals surface area contributed by atoms with Crippen molar-refractivity contribution in [3.8, 4) is 11.5 Å². The highest BCUT2D eigenvalue weighted by molar-refractivity contribution is 5.94. The van der Waals surface area contributed by atoms with Crippen molar-refractivity contribution in [2.24, 2.45) is 0 Å². The topological polar surface area (TPSA) is 84.9 Å². The van der Waals surface area contributed by atoms with Gasteiger partial charge in [-0.2, -0.15) is 0 Å². The first-order chi connectivity index (χ1) is 9.47. The highest BCUT2D eigenvalue weighted by atomic mass is 16.5.